The zero-order valence-corrected chi connectivity index (χ0v) is 20.7. The smallest absolute Gasteiger partial charge is 0.259 e. The number of carbonyl (C=O) groups excluding carboxylic acids is 1. The summed E-state index contributed by atoms with van der Waals surface area (Å²) in [6.45, 7) is 0. The predicted octanol–water partition coefficient (Wildman–Crippen LogP) is 6.38. The van der Waals surface area contributed by atoms with Crippen molar-refractivity contribution in [3.8, 4) is 17.6 Å². The van der Waals surface area contributed by atoms with Crippen LogP contribution >= 0.6 is 0 Å². The molecule has 5 nitrogen and oxygen atoms in total. The molecule has 5 heteroatoms. The van der Waals surface area contributed by atoms with Crippen LogP contribution in [0.3, 0.4) is 0 Å². The third kappa shape index (κ3) is 4.03. The molecule has 5 rings (SSSR count). The highest BCUT2D eigenvalue weighted by Crippen LogP contribution is 2.51. The lowest BCUT2D eigenvalue weighted by Gasteiger charge is -2.46. The monoisotopic (exact) mass is 486 g/mol. The van der Waals surface area contributed by atoms with E-state index >= 15 is 0 Å². The fourth-order valence-corrected chi connectivity index (χ4v) is 5.15. The van der Waals surface area contributed by atoms with Crippen LogP contribution in [0.4, 0.5) is 0 Å². The Hall–Kier alpha value is -4.82. The van der Waals surface area contributed by atoms with Crippen molar-refractivity contribution in [2.75, 3.05) is 14.2 Å². The fourth-order valence-electron chi connectivity index (χ4n) is 5.15. The largest absolute Gasteiger partial charge is 0.493 e. The van der Waals surface area contributed by atoms with Crippen LogP contribution in [0, 0.1) is 11.3 Å². The minimum atomic E-state index is -1.43. The summed E-state index contributed by atoms with van der Waals surface area (Å²) in [4.78, 5) is 15.7. The van der Waals surface area contributed by atoms with Crippen LogP contribution in [-0.4, -0.2) is 25.0 Å². The number of hydrogen-bond donors (Lipinski definition) is 0. The molecular weight excluding hydrogens is 460 g/mol. The molecule has 1 aliphatic heterocycles. The minimum Gasteiger partial charge on any atom is -0.493 e. The number of amides is 1. The highest BCUT2D eigenvalue weighted by atomic mass is 16.5. The van der Waals surface area contributed by atoms with Gasteiger partial charge in [-0.1, -0.05) is 78.9 Å². The summed E-state index contributed by atoms with van der Waals surface area (Å²) in [5, 5.41) is 11.2. The number of hydrogen-bond acceptors (Lipinski definition) is 4. The van der Waals surface area contributed by atoms with Gasteiger partial charge in [-0.3, -0.25) is 9.69 Å². The highest BCUT2D eigenvalue weighted by Gasteiger charge is 2.52. The molecule has 0 spiro atoms. The van der Waals surface area contributed by atoms with E-state index in [1.165, 1.54) is 0 Å². The van der Waals surface area contributed by atoms with Crippen molar-refractivity contribution >= 4 is 12.0 Å². The summed E-state index contributed by atoms with van der Waals surface area (Å²) < 4.78 is 11.2. The first kappa shape index (κ1) is 23.9. The van der Waals surface area contributed by atoms with Gasteiger partial charge in [0.2, 0.25) is 0 Å². The number of rotatable bonds is 6. The average molecular weight is 487 g/mol. The predicted molar refractivity (Wildman–Crippen MR) is 143 cm³/mol. The molecule has 0 N–H and O–H groups in total. The average Bonchev–Trinajstić information content (AvgIpc) is 2.97. The first-order valence-electron chi connectivity index (χ1n) is 12.0. The Morgan fingerprint density at radius 2 is 1.32 bits per heavy atom. The zero-order chi connectivity index (χ0) is 25.8. The van der Waals surface area contributed by atoms with Crippen LogP contribution in [0.25, 0.3) is 6.08 Å². The maximum atomic E-state index is 14.1. The maximum Gasteiger partial charge on any atom is 0.259 e. The van der Waals surface area contributed by atoms with E-state index in [-0.39, 0.29) is 5.91 Å². The van der Waals surface area contributed by atoms with Gasteiger partial charge in [-0.25, -0.2) is 0 Å². The second-order valence-electron chi connectivity index (χ2n) is 8.78. The molecule has 1 unspecified atom stereocenters. The van der Waals surface area contributed by atoms with E-state index in [1.807, 2.05) is 97.1 Å². The molecule has 182 valence electrons. The van der Waals surface area contributed by atoms with Crippen LogP contribution in [0.2, 0.25) is 0 Å². The number of fused-ring (bicyclic) bond motifs is 1. The van der Waals surface area contributed by atoms with Crippen LogP contribution < -0.4 is 9.47 Å². The Morgan fingerprint density at radius 3 is 1.84 bits per heavy atom. The van der Waals surface area contributed by atoms with Crippen molar-refractivity contribution in [3.05, 3.63) is 137 Å². The number of methoxy groups -OCH3 is 2. The third-order valence-electron chi connectivity index (χ3n) is 6.84. The van der Waals surface area contributed by atoms with E-state index in [9.17, 15) is 10.1 Å². The number of nitriles is 1. The van der Waals surface area contributed by atoms with Gasteiger partial charge >= 0.3 is 0 Å². The minimum absolute atomic E-state index is 0.268. The molecule has 37 heavy (non-hydrogen) atoms. The van der Waals surface area contributed by atoms with Crippen LogP contribution in [0.5, 0.6) is 11.5 Å². The van der Waals surface area contributed by atoms with E-state index in [2.05, 4.69) is 6.07 Å². The van der Waals surface area contributed by atoms with Gasteiger partial charge < -0.3 is 9.47 Å². The van der Waals surface area contributed by atoms with Gasteiger partial charge in [0.05, 0.1) is 26.2 Å². The Bertz CT molecular complexity index is 1440. The summed E-state index contributed by atoms with van der Waals surface area (Å²) in [7, 11) is 3.14. The Morgan fingerprint density at radius 1 is 0.811 bits per heavy atom. The lowest BCUT2D eigenvalue weighted by Crippen LogP contribution is -2.51. The summed E-state index contributed by atoms with van der Waals surface area (Å²) in [6.07, 6.45) is 3.56. The van der Waals surface area contributed by atoms with Crippen LogP contribution in [0.15, 0.2) is 109 Å². The third-order valence-corrected chi connectivity index (χ3v) is 6.84. The summed E-state index contributed by atoms with van der Waals surface area (Å²) in [5.41, 5.74) is 2.34. The number of ether oxygens (including phenoxy) is 2. The zero-order valence-electron chi connectivity index (χ0n) is 20.7. The summed E-state index contributed by atoms with van der Waals surface area (Å²) >= 11 is 0. The second-order valence-corrected chi connectivity index (χ2v) is 8.78. The number of benzene rings is 4. The van der Waals surface area contributed by atoms with Crippen molar-refractivity contribution < 1.29 is 14.3 Å². The van der Waals surface area contributed by atoms with Crippen molar-refractivity contribution in [1.82, 2.24) is 4.90 Å². The summed E-state index contributed by atoms with van der Waals surface area (Å²) in [5.74, 6) is 0.268. The molecule has 0 saturated carbocycles. The molecule has 0 aliphatic carbocycles. The SMILES string of the molecule is COc1cc2c(cc1OC)C(C#N)(C(c1ccccc1)c1ccccc1)N(C(=O)c1ccccc1)C=C2. The summed E-state index contributed by atoms with van der Waals surface area (Å²) in [6, 6.07) is 35.0. The van der Waals surface area contributed by atoms with E-state index < -0.39 is 11.5 Å². The Kier molecular flexibility index (Phi) is 6.49. The van der Waals surface area contributed by atoms with Gasteiger partial charge in [0.15, 0.2) is 17.0 Å². The maximum absolute atomic E-state index is 14.1. The second kappa shape index (κ2) is 10.0. The lowest BCUT2D eigenvalue weighted by molar-refractivity contribution is 0.0674. The molecule has 1 atom stereocenters. The molecule has 0 bridgehead atoms. The Labute approximate surface area is 216 Å². The van der Waals surface area contributed by atoms with E-state index in [4.69, 9.17) is 9.47 Å². The van der Waals surface area contributed by atoms with Crippen LogP contribution in [-0.2, 0) is 5.54 Å². The lowest BCUT2D eigenvalue weighted by atomic mass is 9.68. The Balaban J connectivity index is 1.86. The van der Waals surface area contributed by atoms with E-state index in [0.29, 0.717) is 22.6 Å². The molecule has 1 heterocycles. The molecule has 0 radical (unpaired) electrons. The van der Waals surface area contributed by atoms with Crippen molar-refractivity contribution in [3.63, 3.8) is 0 Å². The molecular formula is C32H26N2O3. The van der Waals surface area contributed by atoms with Gasteiger partial charge in [-0.15, -0.1) is 0 Å². The standard InChI is InChI=1S/C32H26N2O3/c1-36-28-20-26-18-19-34(31(35)25-16-10-5-11-17-25)32(22-33,27(26)21-29(28)37-2)30(23-12-6-3-7-13-23)24-14-8-4-9-15-24/h3-21,30H,1-2H3. The fraction of sp³-hybridized carbons (Fsp3) is 0.125. The van der Waals surface area contributed by atoms with Crippen molar-refractivity contribution in [2.45, 2.75) is 11.5 Å². The first-order chi connectivity index (χ1) is 18.1. The van der Waals surface area contributed by atoms with Crippen molar-refractivity contribution in [1.29, 1.82) is 5.26 Å². The van der Waals surface area contributed by atoms with Gasteiger partial charge in [0, 0.05) is 17.3 Å². The number of carbonyl (C=O) groups is 1. The highest BCUT2D eigenvalue weighted by molar-refractivity contribution is 5.97. The first-order valence-corrected chi connectivity index (χ1v) is 12.0. The topological polar surface area (TPSA) is 62.6 Å². The van der Waals surface area contributed by atoms with Gasteiger partial charge in [-0.2, -0.15) is 5.26 Å². The molecule has 1 aliphatic rings. The molecule has 4 aromatic carbocycles. The van der Waals surface area contributed by atoms with Gasteiger partial charge in [0.1, 0.15) is 0 Å². The number of nitrogens with zero attached hydrogens (tertiary/aromatic N) is 2. The molecule has 1 amide bonds. The van der Waals surface area contributed by atoms with E-state index in [1.54, 1.807) is 37.5 Å². The molecule has 0 saturated heterocycles. The molecule has 4 aromatic rings. The van der Waals surface area contributed by atoms with E-state index in [0.717, 1.165) is 16.7 Å². The van der Waals surface area contributed by atoms with Gasteiger partial charge in [-0.05, 0) is 47.0 Å². The molecule has 0 fully saturated rings. The van der Waals surface area contributed by atoms with Crippen LogP contribution in [0.1, 0.15) is 38.5 Å². The van der Waals surface area contributed by atoms with Crippen molar-refractivity contribution in [2.24, 2.45) is 0 Å². The normalized spacial score (nSPS) is 16.1. The van der Waals surface area contributed by atoms with Gasteiger partial charge in [0.25, 0.3) is 5.91 Å². The molecule has 0 aromatic heterocycles. The quantitative estimate of drug-likeness (QED) is 0.317.